The van der Waals surface area contributed by atoms with Crippen molar-refractivity contribution < 1.29 is 9.53 Å². The molecule has 5 nitrogen and oxygen atoms in total. The van der Waals surface area contributed by atoms with Gasteiger partial charge in [0.2, 0.25) is 5.91 Å². The Bertz CT molecular complexity index is 845. The van der Waals surface area contributed by atoms with Crippen LogP contribution in [0.3, 0.4) is 0 Å². The molecule has 1 amide bonds. The van der Waals surface area contributed by atoms with Crippen molar-refractivity contribution in [1.29, 1.82) is 0 Å². The topological polar surface area (TPSA) is 45.7 Å². The first kappa shape index (κ1) is 20.5. The van der Waals surface area contributed by atoms with Crippen molar-refractivity contribution in [2.45, 2.75) is 63.1 Å². The Morgan fingerprint density at radius 3 is 2.39 bits per heavy atom. The van der Waals surface area contributed by atoms with Gasteiger partial charge in [-0.05, 0) is 61.4 Å². The summed E-state index contributed by atoms with van der Waals surface area (Å²) in [5, 5.41) is 0. The number of piperidine rings is 1. The molecule has 0 N–H and O–H groups in total. The number of hydrogen-bond donors (Lipinski definition) is 0. The van der Waals surface area contributed by atoms with Gasteiger partial charge < -0.3 is 9.64 Å². The number of carbonyl (C=O) groups excluding carboxylic acids is 1. The highest BCUT2D eigenvalue weighted by Gasteiger charge is 2.46. The maximum atomic E-state index is 12.7. The van der Waals surface area contributed by atoms with Crippen molar-refractivity contribution in [3.63, 3.8) is 0 Å². The smallest absolute Gasteiger partial charge is 0.222 e. The van der Waals surface area contributed by atoms with Crippen LogP contribution in [0, 0.1) is 5.92 Å². The van der Waals surface area contributed by atoms with Gasteiger partial charge in [-0.15, -0.1) is 0 Å². The van der Waals surface area contributed by atoms with Gasteiger partial charge in [-0.2, -0.15) is 0 Å². The van der Waals surface area contributed by atoms with Crippen molar-refractivity contribution in [2.75, 3.05) is 19.6 Å². The molecule has 164 valence electrons. The van der Waals surface area contributed by atoms with E-state index in [9.17, 15) is 4.79 Å². The fraction of sp³-hybridized carbons (Fsp3) is 0.538. The minimum Gasteiger partial charge on any atom is -0.487 e. The molecule has 1 saturated carbocycles. The highest BCUT2D eigenvalue weighted by molar-refractivity contribution is 5.76. The van der Waals surface area contributed by atoms with Crippen LogP contribution >= 0.6 is 0 Å². The zero-order valence-corrected chi connectivity index (χ0v) is 18.2. The van der Waals surface area contributed by atoms with Crippen LogP contribution in [0.2, 0.25) is 0 Å². The summed E-state index contributed by atoms with van der Waals surface area (Å²) in [5.41, 5.74) is 1.27. The molecule has 0 bridgehead atoms. The molecule has 0 unspecified atom stereocenters. The summed E-state index contributed by atoms with van der Waals surface area (Å²) in [6.07, 6.45) is 11.8. The van der Waals surface area contributed by atoms with Crippen LogP contribution in [-0.4, -0.2) is 52.5 Å². The van der Waals surface area contributed by atoms with Gasteiger partial charge in [-0.3, -0.25) is 14.7 Å². The van der Waals surface area contributed by atoms with Crippen LogP contribution in [0.4, 0.5) is 0 Å². The van der Waals surface area contributed by atoms with E-state index in [2.05, 4.69) is 26.9 Å². The molecule has 1 aliphatic carbocycles. The monoisotopic (exact) mass is 419 g/mol. The molecule has 3 fully saturated rings. The number of carbonyl (C=O) groups is 1. The molecule has 1 aromatic heterocycles. The minimum absolute atomic E-state index is 0.145. The second-order valence-corrected chi connectivity index (χ2v) is 9.36. The van der Waals surface area contributed by atoms with Crippen LogP contribution in [0.25, 0.3) is 0 Å². The average Bonchev–Trinajstić information content (AvgIpc) is 3.31. The second-order valence-electron chi connectivity index (χ2n) is 9.36. The Hall–Kier alpha value is -2.40. The van der Waals surface area contributed by atoms with Gasteiger partial charge in [0.1, 0.15) is 11.9 Å². The molecule has 0 radical (unpaired) electrons. The largest absolute Gasteiger partial charge is 0.487 e. The molecule has 2 saturated heterocycles. The van der Waals surface area contributed by atoms with Gasteiger partial charge in [0.05, 0.1) is 6.04 Å². The second kappa shape index (κ2) is 9.39. The summed E-state index contributed by atoms with van der Waals surface area (Å²) >= 11 is 0. The lowest BCUT2D eigenvalue weighted by Crippen LogP contribution is -2.61. The third-order valence-electron chi connectivity index (χ3n) is 7.40. The van der Waals surface area contributed by atoms with Crippen LogP contribution in [-0.2, 0) is 4.79 Å². The average molecular weight is 420 g/mol. The number of likely N-dealkylation sites (tertiary alicyclic amines) is 2. The number of rotatable bonds is 6. The first-order valence-corrected chi connectivity index (χ1v) is 11.9. The molecule has 1 aromatic carbocycles. The fourth-order valence-corrected chi connectivity index (χ4v) is 5.65. The zero-order chi connectivity index (χ0) is 21.0. The van der Waals surface area contributed by atoms with Crippen molar-refractivity contribution in [3.8, 4) is 5.75 Å². The predicted octanol–water partition coefficient (Wildman–Crippen LogP) is 4.46. The number of para-hydroxylation sites is 1. The van der Waals surface area contributed by atoms with Crippen LogP contribution in [0.5, 0.6) is 5.75 Å². The molecule has 2 aromatic rings. The highest BCUT2D eigenvalue weighted by atomic mass is 16.5. The van der Waals surface area contributed by atoms with E-state index in [0.717, 1.165) is 44.6 Å². The van der Waals surface area contributed by atoms with E-state index in [1.807, 2.05) is 42.7 Å². The van der Waals surface area contributed by atoms with Gasteiger partial charge in [0, 0.05) is 44.5 Å². The number of hydrogen-bond acceptors (Lipinski definition) is 4. The molecular formula is C26H33N3O2. The molecule has 2 atom stereocenters. The van der Waals surface area contributed by atoms with Crippen LogP contribution in [0.15, 0.2) is 54.9 Å². The molecule has 5 rings (SSSR count). The summed E-state index contributed by atoms with van der Waals surface area (Å²) in [4.78, 5) is 21.6. The van der Waals surface area contributed by atoms with E-state index in [-0.39, 0.29) is 12.1 Å². The predicted molar refractivity (Wildman–Crippen MR) is 121 cm³/mol. The van der Waals surface area contributed by atoms with Crippen molar-refractivity contribution in [2.24, 2.45) is 5.92 Å². The SMILES string of the molecule is O=C(CC1CCCC1)N1CCC(N2C[C@H](Oc3ccccc3)[C@@H]2c2ccncc2)CC1. The number of nitrogens with zero attached hydrogens (tertiary/aromatic N) is 3. The molecule has 3 heterocycles. The summed E-state index contributed by atoms with van der Waals surface area (Å²) < 4.78 is 6.35. The van der Waals surface area contributed by atoms with Gasteiger partial charge in [-0.1, -0.05) is 31.0 Å². The van der Waals surface area contributed by atoms with E-state index in [1.54, 1.807) is 0 Å². The van der Waals surface area contributed by atoms with Gasteiger partial charge in [0.15, 0.2) is 0 Å². The Kier molecular flexibility index (Phi) is 6.21. The Balaban J connectivity index is 1.21. The maximum Gasteiger partial charge on any atom is 0.222 e. The van der Waals surface area contributed by atoms with Crippen molar-refractivity contribution in [3.05, 3.63) is 60.4 Å². The van der Waals surface area contributed by atoms with E-state index in [0.29, 0.717) is 17.9 Å². The Morgan fingerprint density at radius 2 is 1.68 bits per heavy atom. The summed E-state index contributed by atoms with van der Waals surface area (Å²) in [7, 11) is 0. The van der Waals surface area contributed by atoms with Gasteiger partial charge in [0.25, 0.3) is 0 Å². The summed E-state index contributed by atoms with van der Waals surface area (Å²) in [6, 6.07) is 15.1. The molecular weight excluding hydrogens is 386 g/mol. The number of aromatic nitrogens is 1. The van der Waals surface area contributed by atoms with Gasteiger partial charge in [-0.25, -0.2) is 0 Å². The molecule has 5 heteroatoms. The third kappa shape index (κ3) is 4.62. The first-order chi connectivity index (χ1) is 15.3. The number of benzene rings is 1. The van der Waals surface area contributed by atoms with E-state index in [1.165, 1.54) is 31.2 Å². The van der Waals surface area contributed by atoms with Gasteiger partial charge >= 0.3 is 0 Å². The molecule has 0 spiro atoms. The Morgan fingerprint density at radius 1 is 0.968 bits per heavy atom. The summed E-state index contributed by atoms with van der Waals surface area (Å²) in [5.74, 6) is 1.94. The lowest BCUT2D eigenvalue weighted by Gasteiger charge is -2.53. The van der Waals surface area contributed by atoms with E-state index >= 15 is 0 Å². The maximum absolute atomic E-state index is 12.7. The van der Waals surface area contributed by atoms with Crippen LogP contribution < -0.4 is 4.74 Å². The highest BCUT2D eigenvalue weighted by Crippen LogP contribution is 2.40. The fourth-order valence-electron chi connectivity index (χ4n) is 5.65. The molecule has 3 aliphatic rings. The molecule has 2 aliphatic heterocycles. The Labute approximate surface area is 185 Å². The normalized spacial score (nSPS) is 25.4. The quantitative estimate of drug-likeness (QED) is 0.694. The van der Waals surface area contributed by atoms with E-state index in [4.69, 9.17) is 4.74 Å². The molecule has 31 heavy (non-hydrogen) atoms. The number of pyridine rings is 1. The lowest BCUT2D eigenvalue weighted by molar-refractivity contribution is -0.136. The van der Waals surface area contributed by atoms with Crippen molar-refractivity contribution >= 4 is 5.91 Å². The first-order valence-electron chi connectivity index (χ1n) is 11.9. The zero-order valence-electron chi connectivity index (χ0n) is 18.2. The third-order valence-corrected chi connectivity index (χ3v) is 7.40. The number of ether oxygens (including phenoxy) is 1. The van der Waals surface area contributed by atoms with Crippen LogP contribution in [0.1, 0.15) is 56.6 Å². The number of amides is 1. The minimum atomic E-state index is 0.145. The summed E-state index contributed by atoms with van der Waals surface area (Å²) in [6.45, 7) is 2.71. The van der Waals surface area contributed by atoms with Crippen molar-refractivity contribution in [1.82, 2.24) is 14.8 Å². The van der Waals surface area contributed by atoms with E-state index < -0.39 is 0 Å². The lowest BCUT2D eigenvalue weighted by atomic mass is 9.87. The standard InChI is InChI=1S/C26H33N3O2/c30-25(18-20-6-4-5-7-20)28-16-12-22(13-17-28)29-19-24(31-23-8-2-1-3-9-23)26(29)21-10-14-27-15-11-21/h1-3,8-11,14-15,20,22,24,26H,4-7,12-13,16-19H2/t24-,26-/m0/s1.